The molecule has 9 nitrogen and oxygen atoms in total. The van der Waals surface area contributed by atoms with Crippen LogP contribution in [0, 0.1) is 6.92 Å². The summed E-state index contributed by atoms with van der Waals surface area (Å²) in [6.07, 6.45) is 1.57. The number of nitrogens with zero attached hydrogens (tertiary/aromatic N) is 4. The molecule has 0 aliphatic heterocycles. The first kappa shape index (κ1) is 23.8. The van der Waals surface area contributed by atoms with Gasteiger partial charge >= 0.3 is 0 Å². The molecule has 4 rings (SSSR count). The summed E-state index contributed by atoms with van der Waals surface area (Å²) in [5.74, 6) is 0.702. The van der Waals surface area contributed by atoms with Crippen molar-refractivity contribution in [3.8, 4) is 34.3 Å². The van der Waals surface area contributed by atoms with Gasteiger partial charge in [-0.05, 0) is 63.2 Å². The molecule has 0 spiro atoms. The first-order chi connectivity index (χ1) is 16.2. The standard InChI is InChI=1S/C24H28N6O3S/c1-14(2)34(31,32)18-9-10-19(15(3)11-18)20-13-27-22(25)21(28-20)24-30-29-23(33-24)17-7-5-16(6-8-17)12-26-4/h5-11,13-14,26,31-32H,12H2,1-4H3,(H2,25,27). The number of aromatic nitrogens is 4. The van der Waals surface area contributed by atoms with Crippen molar-refractivity contribution in [3.63, 3.8) is 0 Å². The van der Waals surface area contributed by atoms with Crippen molar-refractivity contribution in [3.05, 3.63) is 59.8 Å². The van der Waals surface area contributed by atoms with E-state index in [0.717, 1.165) is 28.8 Å². The van der Waals surface area contributed by atoms with Crippen LogP contribution < -0.4 is 11.1 Å². The Balaban J connectivity index is 1.66. The molecule has 0 radical (unpaired) electrons. The maximum Gasteiger partial charge on any atom is 0.270 e. The van der Waals surface area contributed by atoms with Crippen molar-refractivity contribution in [1.82, 2.24) is 25.5 Å². The van der Waals surface area contributed by atoms with Gasteiger partial charge in [-0.25, -0.2) is 9.97 Å². The lowest BCUT2D eigenvalue weighted by atomic mass is 10.1. The van der Waals surface area contributed by atoms with Crippen LogP contribution in [-0.2, 0) is 6.54 Å². The van der Waals surface area contributed by atoms with Crippen LogP contribution in [0.25, 0.3) is 34.3 Å². The fourth-order valence-electron chi connectivity index (χ4n) is 3.47. The molecule has 10 heteroatoms. The Morgan fingerprint density at radius 1 is 1.06 bits per heavy atom. The normalized spacial score (nSPS) is 12.3. The van der Waals surface area contributed by atoms with Gasteiger partial charge in [0.15, 0.2) is 11.5 Å². The molecule has 2 aromatic heterocycles. The van der Waals surface area contributed by atoms with Crippen LogP contribution in [0.15, 0.2) is 58.0 Å². The van der Waals surface area contributed by atoms with E-state index in [1.165, 1.54) is 0 Å². The Morgan fingerprint density at radius 2 is 1.76 bits per heavy atom. The van der Waals surface area contributed by atoms with Gasteiger partial charge in [-0.3, -0.25) is 9.11 Å². The zero-order valence-electron chi connectivity index (χ0n) is 19.5. The van der Waals surface area contributed by atoms with E-state index in [4.69, 9.17) is 10.2 Å². The summed E-state index contributed by atoms with van der Waals surface area (Å²) in [5.41, 5.74) is 10.5. The minimum Gasteiger partial charge on any atom is -0.414 e. The monoisotopic (exact) mass is 480 g/mol. The van der Waals surface area contributed by atoms with Crippen molar-refractivity contribution >= 4 is 16.4 Å². The Morgan fingerprint density at radius 3 is 2.41 bits per heavy atom. The number of anilines is 1. The molecular weight excluding hydrogens is 452 g/mol. The molecule has 0 aliphatic carbocycles. The molecule has 0 fully saturated rings. The average Bonchev–Trinajstić information content (AvgIpc) is 3.30. The SMILES string of the molecule is CNCc1ccc(-c2nnc(-c3nc(-c4ccc(S(O)(O)C(C)C)cc4C)cnc3N)o2)cc1. The molecule has 0 amide bonds. The maximum atomic E-state index is 10.5. The predicted octanol–water partition coefficient (Wildman–Crippen LogP) is 4.99. The Kier molecular flexibility index (Phi) is 6.67. The van der Waals surface area contributed by atoms with Crippen LogP contribution in [0.3, 0.4) is 0 Å². The molecule has 0 saturated heterocycles. The van der Waals surface area contributed by atoms with E-state index < -0.39 is 10.6 Å². The molecule has 5 N–H and O–H groups in total. The fourth-order valence-corrected chi connectivity index (χ4v) is 4.64. The van der Waals surface area contributed by atoms with E-state index in [0.29, 0.717) is 16.5 Å². The van der Waals surface area contributed by atoms with E-state index in [1.54, 1.807) is 38.2 Å². The summed E-state index contributed by atoms with van der Waals surface area (Å²) in [6, 6.07) is 13.1. The number of rotatable bonds is 7. The lowest BCUT2D eigenvalue weighted by molar-refractivity contribution is 0.476. The van der Waals surface area contributed by atoms with Crippen LogP contribution >= 0.6 is 10.6 Å². The van der Waals surface area contributed by atoms with Crippen LogP contribution in [0.1, 0.15) is 25.0 Å². The van der Waals surface area contributed by atoms with Gasteiger partial charge in [-0.15, -0.1) is 10.2 Å². The Hall–Kier alpha value is -3.31. The number of aryl methyl sites for hydroxylation is 1. The first-order valence-corrected chi connectivity index (χ1v) is 12.4. The van der Waals surface area contributed by atoms with Crippen molar-refractivity contribution in [2.75, 3.05) is 12.8 Å². The summed E-state index contributed by atoms with van der Waals surface area (Å²) >= 11 is 0. The quantitative estimate of drug-likeness (QED) is 0.287. The van der Waals surface area contributed by atoms with E-state index >= 15 is 0 Å². The van der Waals surface area contributed by atoms with Gasteiger partial charge in [0.1, 0.15) is 0 Å². The van der Waals surface area contributed by atoms with Gasteiger partial charge < -0.3 is 15.5 Å². The molecule has 0 aliphatic rings. The molecule has 0 bridgehead atoms. The summed E-state index contributed by atoms with van der Waals surface area (Å²) in [5, 5.41) is 11.1. The molecule has 178 valence electrons. The number of nitrogens with one attached hydrogen (secondary N) is 1. The fraction of sp³-hybridized carbons (Fsp3) is 0.250. The topological polar surface area (TPSA) is 143 Å². The second-order valence-electron chi connectivity index (χ2n) is 8.25. The number of hydrogen-bond acceptors (Lipinski definition) is 9. The highest BCUT2D eigenvalue weighted by molar-refractivity contribution is 8.24. The van der Waals surface area contributed by atoms with Gasteiger partial charge in [0.05, 0.1) is 16.8 Å². The summed E-state index contributed by atoms with van der Waals surface area (Å²) in [7, 11) is -0.983. The van der Waals surface area contributed by atoms with Crippen molar-refractivity contribution in [2.45, 2.75) is 37.5 Å². The van der Waals surface area contributed by atoms with E-state index in [1.807, 2.05) is 38.2 Å². The second kappa shape index (κ2) is 9.51. The van der Waals surface area contributed by atoms with E-state index in [-0.39, 0.29) is 22.7 Å². The third kappa shape index (κ3) is 4.66. The highest BCUT2D eigenvalue weighted by Gasteiger charge is 2.22. The van der Waals surface area contributed by atoms with E-state index in [2.05, 4.69) is 25.5 Å². The largest absolute Gasteiger partial charge is 0.414 e. The van der Waals surface area contributed by atoms with Crippen LogP contribution in [0.2, 0.25) is 0 Å². The van der Waals surface area contributed by atoms with Crippen molar-refractivity contribution in [1.29, 1.82) is 0 Å². The third-order valence-electron chi connectivity index (χ3n) is 5.49. The van der Waals surface area contributed by atoms with Crippen molar-refractivity contribution in [2.24, 2.45) is 0 Å². The minimum absolute atomic E-state index is 0.171. The van der Waals surface area contributed by atoms with Gasteiger partial charge in [0, 0.05) is 22.9 Å². The zero-order chi connectivity index (χ0) is 24.5. The van der Waals surface area contributed by atoms with Crippen LogP contribution in [-0.4, -0.2) is 41.6 Å². The summed E-state index contributed by atoms with van der Waals surface area (Å²) in [4.78, 5) is 9.40. The van der Waals surface area contributed by atoms with Gasteiger partial charge in [0.2, 0.25) is 5.89 Å². The summed E-state index contributed by atoms with van der Waals surface area (Å²) in [6.45, 7) is 6.22. The first-order valence-electron chi connectivity index (χ1n) is 10.8. The second-order valence-corrected chi connectivity index (χ2v) is 10.8. The number of benzene rings is 2. The molecule has 4 aromatic rings. The lowest BCUT2D eigenvalue weighted by Crippen LogP contribution is -2.10. The molecular formula is C24H28N6O3S. The van der Waals surface area contributed by atoms with Crippen LogP contribution in [0.4, 0.5) is 5.82 Å². The highest BCUT2D eigenvalue weighted by Crippen LogP contribution is 2.52. The van der Waals surface area contributed by atoms with Gasteiger partial charge in [0.25, 0.3) is 5.89 Å². The molecule has 34 heavy (non-hydrogen) atoms. The highest BCUT2D eigenvalue weighted by atomic mass is 32.3. The Bertz CT molecular complexity index is 1300. The predicted molar refractivity (Wildman–Crippen MR) is 134 cm³/mol. The number of nitrogens with two attached hydrogens (primary N) is 1. The molecule has 0 unspecified atom stereocenters. The number of hydrogen-bond donors (Lipinski definition) is 4. The van der Waals surface area contributed by atoms with Crippen LogP contribution in [0.5, 0.6) is 0 Å². The third-order valence-corrected chi connectivity index (χ3v) is 7.75. The molecule has 2 aromatic carbocycles. The molecule has 0 saturated carbocycles. The van der Waals surface area contributed by atoms with Gasteiger partial charge in [-0.1, -0.05) is 18.2 Å². The zero-order valence-corrected chi connectivity index (χ0v) is 20.3. The smallest absolute Gasteiger partial charge is 0.270 e. The van der Waals surface area contributed by atoms with E-state index in [9.17, 15) is 9.11 Å². The van der Waals surface area contributed by atoms with Gasteiger partial charge in [-0.2, -0.15) is 10.6 Å². The average molecular weight is 481 g/mol. The minimum atomic E-state index is -2.88. The summed E-state index contributed by atoms with van der Waals surface area (Å²) < 4.78 is 26.8. The number of nitrogen functional groups attached to an aromatic ring is 1. The van der Waals surface area contributed by atoms with Crippen molar-refractivity contribution < 1.29 is 13.5 Å². The maximum absolute atomic E-state index is 10.5. The Labute approximate surface area is 199 Å². The lowest BCUT2D eigenvalue weighted by Gasteiger charge is -2.36. The molecule has 0 atom stereocenters. The molecule has 2 heterocycles.